The van der Waals surface area contributed by atoms with E-state index in [1.54, 1.807) is 16.2 Å². The summed E-state index contributed by atoms with van der Waals surface area (Å²) in [5, 5.41) is 5.18. The Morgan fingerprint density at radius 3 is 3.04 bits per heavy atom. The molecule has 7 heteroatoms. The second-order valence-electron chi connectivity index (χ2n) is 5.68. The van der Waals surface area contributed by atoms with E-state index in [1.165, 1.54) is 4.88 Å². The molecular weight excluding hydrogens is 336 g/mol. The van der Waals surface area contributed by atoms with Gasteiger partial charge >= 0.3 is 0 Å². The second-order valence-corrected chi connectivity index (χ2v) is 6.71. The maximum Gasteiger partial charge on any atom is 0.265 e. The van der Waals surface area contributed by atoms with Crippen molar-refractivity contribution in [1.29, 1.82) is 0 Å². The Kier molecular flexibility index (Phi) is 5.90. The van der Waals surface area contributed by atoms with E-state index in [4.69, 9.17) is 10.5 Å². The highest BCUT2D eigenvalue weighted by Crippen LogP contribution is 2.31. The van der Waals surface area contributed by atoms with Gasteiger partial charge in [0.1, 0.15) is 5.75 Å². The van der Waals surface area contributed by atoms with Crippen molar-refractivity contribution in [2.24, 2.45) is 10.7 Å². The maximum absolute atomic E-state index is 12.1. The standard InChI is InChI=1S/C18H22N4O2S/c19-18(21-10-8-14-5-3-12-25-14)20-9-4-11-22-15-6-1-2-7-16(15)24-13-17(22)23/h1-3,5-7,12H,4,8-11,13H2,(H3,19,20,21). The number of nitrogens with two attached hydrogens (primary N) is 1. The number of para-hydroxylation sites is 2. The number of guanidine groups is 1. The third-order valence-electron chi connectivity index (χ3n) is 3.89. The molecule has 0 radical (unpaired) electrons. The second kappa shape index (κ2) is 8.53. The number of hydrogen-bond acceptors (Lipinski definition) is 4. The molecule has 1 aromatic heterocycles. The molecule has 1 aliphatic heterocycles. The number of fused-ring (bicyclic) bond motifs is 1. The van der Waals surface area contributed by atoms with Gasteiger partial charge in [-0.05, 0) is 36.4 Å². The van der Waals surface area contributed by atoms with E-state index in [-0.39, 0.29) is 12.5 Å². The number of nitrogens with one attached hydrogen (secondary N) is 1. The number of carbonyl (C=O) groups excluding carboxylic acids is 1. The first kappa shape index (κ1) is 17.3. The van der Waals surface area contributed by atoms with Crippen LogP contribution in [0.4, 0.5) is 5.69 Å². The highest BCUT2D eigenvalue weighted by Gasteiger charge is 2.24. The van der Waals surface area contributed by atoms with E-state index in [9.17, 15) is 4.79 Å². The lowest BCUT2D eigenvalue weighted by atomic mass is 10.2. The van der Waals surface area contributed by atoms with Gasteiger partial charge in [0.25, 0.3) is 5.91 Å². The van der Waals surface area contributed by atoms with Crippen LogP contribution in [-0.4, -0.2) is 38.1 Å². The molecule has 0 bridgehead atoms. The van der Waals surface area contributed by atoms with Crippen LogP contribution in [0.5, 0.6) is 5.75 Å². The van der Waals surface area contributed by atoms with Gasteiger partial charge in [0, 0.05) is 24.5 Å². The highest BCUT2D eigenvalue weighted by molar-refractivity contribution is 7.09. The Hall–Kier alpha value is -2.54. The average molecular weight is 358 g/mol. The van der Waals surface area contributed by atoms with Crippen molar-refractivity contribution in [3.63, 3.8) is 0 Å². The Balaban J connectivity index is 1.42. The lowest BCUT2D eigenvalue weighted by molar-refractivity contribution is -0.121. The summed E-state index contributed by atoms with van der Waals surface area (Å²) in [6, 6.07) is 11.7. The molecule has 25 heavy (non-hydrogen) atoms. The van der Waals surface area contributed by atoms with Gasteiger partial charge in [-0.2, -0.15) is 0 Å². The van der Waals surface area contributed by atoms with E-state index in [0.717, 1.165) is 30.8 Å². The predicted octanol–water partition coefficient (Wildman–Crippen LogP) is 2.01. The van der Waals surface area contributed by atoms with E-state index in [0.29, 0.717) is 19.0 Å². The van der Waals surface area contributed by atoms with Crippen LogP contribution in [0, 0.1) is 0 Å². The van der Waals surface area contributed by atoms with Gasteiger partial charge in [-0.15, -0.1) is 11.3 Å². The molecule has 1 amide bonds. The molecule has 0 aliphatic carbocycles. The first-order valence-electron chi connectivity index (χ1n) is 8.32. The predicted molar refractivity (Wildman–Crippen MR) is 101 cm³/mol. The number of carbonyl (C=O) groups is 1. The smallest absolute Gasteiger partial charge is 0.265 e. The van der Waals surface area contributed by atoms with Crippen LogP contribution in [-0.2, 0) is 11.2 Å². The summed E-state index contributed by atoms with van der Waals surface area (Å²) in [6.07, 6.45) is 1.68. The molecule has 6 nitrogen and oxygen atoms in total. The Morgan fingerprint density at radius 2 is 2.20 bits per heavy atom. The number of ether oxygens (including phenoxy) is 1. The van der Waals surface area contributed by atoms with Crippen molar-refractivity contribution >= 4 is 28.9 Å². The third kappa shape index (κ3) is 4.73. The Bertz CT molecular complexity index is 730. The average Bonchev–Trinajstić information content (AvgIpc) is 3.13. The highest BCUT2D eigenvalue weighted by atomic mass is 32.1. The molecule has 132 valence electrons. The number of nitrogens with zero attached hydrogens (tertiary/aromatic N) is 2. The number of amides is 1. The van der Waals surface area contributed by atoms with E-state index in [1.807, 2.05) is 30.3 Å². The van der Waals surface area contributed by atoms with Gasteiger partial charge < -0.3 is 20.7 Å². The normalized spacial score (nSPS) is 14.2. The lowest BCUT2D eigenvalue weighted by Crippen LogP contribution is -2.39. The third-order valence-corrected chi connectivity index (χ3v) is 4.82. The first-order chi connectivity index (χ1) is 12.2. The largest absolute Gasteiger partial charge is 0.482 e. The summed E-state index contributed by atoms with van der Waals surface area (Å²) < 4.78 is 5.44. The van der Waals surface area contributed by atoms with E-state index in [2.05, 4.69) is 21.8 Å². The SMILES string of the molecule is NC(=NCCCN1C(=O)COc2ccccc21)NCCc1cccs1. The van der Waals surface area contributed by atoms with Crippen molar-refractivity contribution in [2.45, 2.75) is 12.8 Å². The van der Waals surface area contributed by atoms with Crippen LogP contribution in [0.3, 0.4) is 0 Å². The van der Waals surface area contributed by atoms with Crippen LogP contribution in [0.1, 0.15) is 11.3 Å². The van der Waals surface area contributed by atoms with Crippen molar-refractivity contribution in [2.75, 3.05) is 31.1 Å². The minimum Gasteiger partial charge on any atom is -0.482 e. The molecule has 0 saturated heterocycles. The fourth-order valence-corrected chi connectivity index (χ4v) is 3.36. The Labute approximate surface area is 151 Å². The van der Waals surface area contributed by atoms with Crippen molar-refractivity contribution < 1.29 is 9.53 Å². The van der Waals surface area contributed by atoms with Crippen molar-refractivity contribution in [3.05, 3.63) is 46.7 Å². The van der Waals surface area contributed by atoms with Crippen LogP contribution in [0.15, 0.2) is 46.8 Å². The lowest BCUT2D eigenvalue weighted by Gasteiger charge is -2.29. The topological polar surface area (TPSA) is 80.0 Å². The van der Waals surface area contributed by atoms with Gasteiger partial charge in [-0.3, -0.25) is 9.79 Å². The van der Waals surface area contributed by atoms with Crippen LogP contribution in [0.25, 0.3) is 0 Å². The number of benzene rings is 1. The quantitative estimate of drug-likeness (QED) is 0.451. The molecule has 0 unspecified atom stereocenters. The van der Waals surface area contributed by atoms with Gasteiger partial charge in [0.2, 0.25) is 0 Å². The number of hydrogen-bond donors (Lipinski definition) is 2. The molecule has 0 atom stereocenters. The molecule has 0 saturated carbocycles. The summed E-state index contributed by atoms with van der Waals surface area (Å²) in [6.45, 7) is 2.04. The molecule has 2 heterocycles. The molecule has 0 spiro atoms. The fraction of sp³-hybridized carbons (Fsp3) is 0.333. The zero-order chi connectivity index (χ0) is 17.5. The number of aliphatic imine (C=N–C) groups is 1. The first-order valence-corrected chi connectivity index (χ1v) is 9.20. The summed E-state index contributed by atoms with van der Waals surface area (Å²) in [4.78, 5) is 19.5. The molecule has 2 aromatic rings. The fourth-order valence-electron chi connectivity index (χ4n) is 2.65. The zero-order valence-electron chi connectivity index (χ0n) is 14.0. The Morgan fingerprint density at radius 1 is 1.32 bits per heavy atom. The van der Waals surface area contributed by atoms with Crippen LogP contribution < -0.4 is 20.7 Å². The van der Waals surface area contributed by atoms with Gasteiger partial charge in [-0.25, -0.2) is 0 Å². The molecule has 1 aromatic carbocycles. The summed E-state index contributed by atoms with van der Waals surface area (Å²) in [5.74, 6) is 1.18. The number of rotatable bonds is 7. The summed E-state index contributed by atoms with van der Waals surface area (Å²) >= 11 is 1.74. The molecular formula is C18H22N4O2S. The monoisotopic (exact) mass is 358 g/mol. The van der Waals surface area contributed by atoms with Gasteiger partial charge in [0.15, 0.2) is 12.6 Å². The van der Waals surface area contributed by atoms with E-state index < -0.39 is 0 Å². The van der Waals surface area contributed by atoms with Crippen LogP contribution in [0.2, 0.25) is 0 Å². The maximum atomic E-state index is 12.1. The van der Waals surface area contributed by atoms with Crippen molar-refractivity contribution in [3.8, 4) is 5.75 Å². The summed E-state index contributed by atoms with van der Waals surface area (Å²) in [7, 11) is 0. The van der Waals surface area contributed by atoms with Crippen molar-refractivity contribution in [1.82, 2.24) is 5.32 Å². The van der Waals surface area contributed by atoms with Gasteiger partial charge in [-0.1, -0.05) is 18.2 Å². The molecule has 0 fully saturated rings. The van der Waals surface area contributed by atoms with E-state index >= 15 is 0 Å². The minimum absolute atomic E-state index is 0.0234. The molecule has 1 aliphatic rings. The summed E-state index contributed by atoms with van der Waals surface area (Å²) in [5.41, 5.74) is 6.70. The molecule has 3 rings (SSSR count). The number of anilines is 1. The number of thiophene rings is 1. The molecule has 3 N–H and O–H groups in total. The minimum atomic E-state index is -0.0234. The van der Waals surface area contributed by atoms with Crippen LogP contribution >= 0.6 is 11.3 Å². The van der Waals surface area contributed by atoms with Gasteiger partial charge in [0.05, 0.1) is 5.69 Å². The zero-order valence-corrected chi connectivity index (χ0v) is 14.8.